The highest BCUT2D eigenvalue weighted by Crippen LogP contribution is 2.29. The Balaban J connectivity index is 1.85. The fourth-order valence-electron chi connectivity index (χ4n) is 2.68. The van der Waals surface area contributed by atoms with E-state index in [1.165, 1.54) is 30.2 Å². The molecule has 1 saturated carbocycles. The lowest BCUT2D eigenvalue weighted by Gasteiger charge is -2.34. The topological polar surface area (TPSA) is 24.4 Å². The van der Waals surface area contributed by atoms with Crippen molar-refractivity contribution in [2.75, 3.05) is 12.3 Å². The number of nitrogens with one attached hydrogen (secondary N) is 1. The van der Waals surface area contributed by atoms with Crippen molar-refractivity contribution in [2.24, 2.45) is 22.7 Å². The van der Waals surface area contributed by atoms with E-state index in [0.717, 1.165) is 24.3 Å². The minimum atomic E-state index is 0.663. The second-order valence-corrected chi connectivity index (χ2v) is 6.72. The van der Waals surface area contributed by atoms with Crippen molar-refractivity contribution >= 4 is 16.9 Å². The number of hydrogen-bond donors (Lipinski definition) is 1. The third-order valence-corrected chi connectivity index (χ3v) is 5.05. The number of thioether (sulfide) groups is 1. The standard InChI is InChI=1S/C13H24N2S/c1-9-4-5-12(11(3)6-9)15-13-14-7-10(2)8-16-13/h9-12H,4-8H2,1-3H3,(H,14,15). The largest absolute Gasteiger partial charge is 0.362 e. The van der Waals surface area contributed by atoms with Gasteiger partial charge in [0.2, 0.25) is 0 Å². The number of aliphatic imine (C=N–C) groups is 1. The Morgan fingerprint density at radius 2 is 2.00 bits per heavy atom. The van der Waals surface area contributed by atoms with Crippen LogP contribution in [0.4, 0.5) is 0 Å². The molecule has 2 nitrogen and oxygen atoms in total. The summed E-state index contributed by atoms with van der Waals surface area (Å²) in [4.78, 5) is 4.63. The van der Waals surface area contributed by atoms with E-state index < -0.39 is 0 Å². The van der Waals surface area contributed by atoms with Crippen molar-refractivity contribution in [1.82, 2.24) is 5.32 Å². The zero-order valence-electron chi connectivity index (χ0n) is 10.7. The molecule has 3 heteroatoms. The molecular formula is C13H24N2S. The van der Waals surface area contributed by atoms with Gasteiger partial charge in [0, 0.05) is 18.3 Å². The quantitative estimate of drug-likeness (QED) is 0.761. The molecule has 1 fully saturated rings. The molecule has 0 aromatic carbocycles. The smallest absolute Gasteiger partial charge is 0.156 e. The molecular weight excluding hydrogens is 216 g/mol. The molecule has 2 aliphatic rings. The van der Waals surface area contributed by atoms with Crippen molar-refractivity contribution in [3.05, 3.63) is 0 Å². The van der Waals surface area contributed by atoms with Crippen LogP contribution in [0.5, 0.6) is 0 Å². The number of amidine groups is 1. The maximum absolute atomic E-state index is 4.63. The van der Waals surface area contributed by atoms with Gasteiger partial charge in [-0.25, -0.2) is 0 Å². The Morgan fingerprint density at radius 1 is 1.19 bits per heavy atom. The average Bonchev–Trinajstić information content (AvgIpc) is 2.25. The summed E-state index contributed by atoms with van der Waals surface area (Å²) in [6, 6.07) is 0.663. The molecule has 1 heterocycles. The summed E-state index contributed by atoms with van der Waals surface area (Å²) < 4.78 is 0. The summed E-state index contributed by atoms with van der Waals surface area (Å²) in [5.41, 5.74) is 0. The first-order valence-electron chi connectivity index (χ1n) is 6.59. The van der Waals surface area contributed by atoms with Gasteiger partial charge in [0.05, 0.1) is 0 Å². The Hall–Kier alpha value is -0.180. The molecule has 4 atom stereocenters. The second-order valence-electron chi connectivity index (χ2n) is 5.71. The second kappa shape index (κ2) is 5.44. The van der Waals surface area contributed by atoms with Crippen LogP contribution in [0.15, 0.2) is 4.99 Å². The summed E-state index contributed by atoms with van der Waals surface area (Å²) in [6.07, 6.45) is 4.06. The average molecular weight is 240 g/mol. The molecule has 0 amide bonds. The first-order chi connectivity index (χ1) is 7.65. The van der Waals surface area contributed by atoms with Gasteiger partial charge in [0.1, 0.15) is 0 Å². The summed E-state index contributed by atoms with van der Waals surface area (Å²) >= 11 is 1.91. The van der Waals surface area contributed by atoms with E-state index >= 15 is 0 Å². The Kier molecular flexibility index (Phi) is 4.17. The zero-order valence-corrected chi connectivity index (χ0v) is 11.5. The van der Waals surface area contributed by atoms with Gasteiger partial charge in [-0.2, -0.15) is 0 Å². The molecule has 1 N–H and O–H groups in total. The summed E-state index contributed by atoms with van der Waals surface area (Å²) in [5, 5.41) is 4.86. The lowest BCUT2D eigenvalue weighted by atomic mass is 9.80. The van der Waals surface area contributed by atoms with Gasteiger partial charge in [0.25, 0.3) is 0 Å². The van der Waals surface area contributed by atoms with E-state index in [1.54, 1.807) is 0 Å². The van der Waals surface area contributed by atoms with Gasteiger partial charge in [-0.1, -0.05) is 32.5 Å². The fourth-order valence-corrected chi connectivity index (χ4v) is 3.63. The Morgan fingerprint density at radius 3 is 2.62 bits per heavy atom. The van der Waals surface area contributed by atoms with Gasteiger partial charge < -0.3 is 5.32 Å². The molecule has 2 rings (SSSR count). The van der Waals surface area contributed by atoms with E-state index in [1.807, 2.05) is 11.8 Å². The van der Waals surface area contributed by atoms with Gasteiger partial charge in [-0.15, -0.1) is 0 Å². The molecule has 1 aliphatic carbocycles. The van der Waals surface area contributed by atoms with E-state index in [4.69, 9.17) is 0 Å². The number of nitrogens with zero attached hydrogens (tertiary/aromatic N) is 1. The highest BCUT2D eigenvalue weighted by molar-refractivity contribution is 8.13. The lowest BCUT2D eigenvalue weighted by Crippen LogP contribution is -2.42. The summed E-state index contributed by atoms with van der Waals surface area (Å²) in [7, 11) is 0. The maximum atomic E-state index is 4.63. The van der Waals surface area contributed by atoms with Crippen LogP contribution in [0, 0.1) is 17.8 Å². The molecule has 1 aliphatic heterocycles. The first-order valence-corrected chi connectivity index (χ1v) is 7.57. The normalized spacial score (nSPS) is 40.3. The van der Waals surface area contributed by atoms with Crippen LogP contribution in [-0.2, 0) is 0 Å². The monoisotopic (exact) mass is 240 g/mol. The van der Waals surface area contributed by atoms with Gasteiger partial charge in [0.15, 0.2) is 5.17 Å². The first kappa shape index (κ1) is 12.3. The molecule has 0 aromatic heterocycles. The minimum absolute atomic E-state index is 0.663. The van der Waals surface area contributed by atoms with Crippen molar-refractivity contribution in [2.45, 2.75) is 46.1 Å². The molecule has 0 saturated heterocycles. The van der Waals surface area contributed by atoms with Crippen molar-refractivity contribution in [1.29, 1.82) is 0 Å². The van der Waals surface area contributed by atoms with Crippen molar-refractivity contribution < 1.29 is 0 Å². The predicted octanol–water partition coefficient (Wildman–Crippen LogP) is 3.14. The van der Waals surface area contributed by atoms with Crippen LogP contribution in [0.25, 0.3) is 0 Å². The molecule has 4 unspecified atom stereocenters. The Labute approximate surface area is 104 Å². The van der Waals surface area contributed by atoms with E-state index in [-0.39, 0.29) is 0 Å². The summed E-state index contributed by atoms with van der Waals surface area (Å²) in [6.45, 7) is 8.04. The van der Waals surface area contributed by atoms with Crippen LogP contribution in [0.2, 0.25) is 0 Å². The SMILES string of the molecule is CC1CN=C(NC2CCC(C)CC2C)SC1. The zero-order chi connectivity index (χ0) is 11.5. The van der Waals surface area contributed by atoms with Gasteiger partial charge in [-0.3, -0.25) is 4.99 Å². The van der Waals surface area contributed by atoms with E-state index in [2.05, 4.69) is 31.1 Å². The van der Waals surface area contributed by atoms with E-state index in [0.29, 0.717) is 6.04 Å². The van der Waals surface area contributed by atoms with Crippen LogP contribution >= 0.6 is 11.8 Å². The fraction of sp³-hybridized carbons (Fsp3) is 0.923. The lowest BCUT2D eigenvalue weighted by molar-refractivity contribution is 0.248. The molecule has 0 aromatic rings. The van der Waals surface area contributed by atoms with Crippen LogP contribution < -0.4 is 5.32 Å². The minimum Gasteiger partial charge on any atom is -0.362 e. The Bertz CT molecular complexity index is 265. The van der Waals surface area contributed by atoms with Crippen LogP contribution in [0.1, 0.15) is 40.0 Å². The van der Waals surface area contributed by atoms with Crippen molar-refractivity contribution in [3.8, 4) is 0 Å². The maximum Gasteiger partial charge on any atom is 0.156 e. The highest BCUT2D eigenvalue weighted by atomic mass is 32.2. The molecule has 0 bridgehead atoms. The van der Waals surface area contributed by atoms with Gasteiger partial charge >= 0.3 is 0 Å². The molecule has 0 spiro atoms. The van der Waals surface area contributed by atoms with Crippen molar-refractivity contribution in [3.63, 3.8) is 0 Å². The predicted molar refractivity (Wildman–Crippen MR) is 73.0 cm³/mol. The number of rotatable bonds is 1. The molecule has 16 heavy (non-hydrogen) atoms. The highest BCUT2D eigenvalue weighted by Gasteiger charge is 2.26. The van der Waals surface area contributed by atoms with Crippen LogP contribution in [-0.4, -0.2) is 23.5 Å². The third kappa shape index (κ3) is 3.16. The van der Waals surface area contributed by atoms with Crippen LogP contribution in [0.3, 0.4) is 0 Å². The number of hydrogen-bond acceptors (Lipinski definition) is 3. The summed E-state index contributed by atoms with van der Waals surface area (Å²) in [5.74, 6) is 3.68. The molecule has 92 valence electrons. The van der Waals surface area contributed by atoms with Gasteiger partial charge in [-0.05, 0) is 37.0 Å². The van der Waals surface area contributed by atoms with E-state index in [9.17, 15) is 0 Å². The molecule has 0 radical (unpaired) electrons. The third-order valence-electron chi connectivity index (χ3n) is 3.79.